The number of halogens is 1. The molecule has 1 unspecified atom stereocenters. The summed E-state index contributed by atoms with van der Waals surface area (Å²) in [6, 6.07) is 25.2. The molecule has 0 aliphatic heterocycles. The molecule has 2 amide bonds. The van der Waals surface area contributed by atoms with Crippen LogP contribution in [0.2, 0.25) is 0 Å². The van der Waals surface area contributed by atoms with Crippen molar-refractivity contribution in [2.45, 2.75) is 76.9 Å². The number of amides is 2. The minimum absolute atomic E-state index is 0.0995. The summed E-state index contributed by atoms with van der Waals surface area (Å²) in [5.41, 5.74) is 3.18. The second kappa shape index (κ2) is 14.3. The van der Waals surface area contributed by atoms with Gasteiger partial charge in [-0.3, -0.25) is 9.59 Å². The Kier molecular flexibility index (Phi) is 10.6. The van der Waals surface area contributed by atoms with Crippen molar-refractivity contribution >= 4 is 27.7 Å². The van der Waals surface area contributed by atoms with Crippen LogP contribution in [0.25, 0.3) is 0 Å². The Labute approximate surface area is 241 Å². The fourth-order valence-corrected chi connectivity index (χ4v) is 5.33. The Hall–Kier alpha value is -3.12. The van der Waals surface area contributed by atoms with Crippen LogP contribution in [-0.2, 0) is 22.6 Å². The molecule has 0 heterocycles. The molecule has 6 heteroatoms. The van der Waals surface area contributed by atoms with Crippen molar-refractivity contribution in [2.24, 2.45) is 0 Å². The van der Waals surface area contributed by atoms with E-state index in [1.807, 2.05) is 78.9 Å². The molecule has 5 nitrogen and oxygen atoms in total. The van der Waals surface area contributed by atoms with Crippen LogP contribution in [0.3, 0.4) is 0 Å². The molecular weight excluding hydrogens is 552 g/mol. The van der Waals surface area contributed by atoms with Crippen molar-refractivity contribution < 1.29 is 14.3 Å². The van der Waals surface area contributed by atoms with Gasteiger partial charge in [0, 0.05) is 23.5 Å². The molecule has 0 bridgehead atoms. The summed E-state index contributed by atoms with van der Waals surface area (Å²) >= 11 is 3.49. The summed E-state index contributed by atoms with van der Waals surface area (Å²) in [6.45, 7) is 4.46. The van der Waals surface area contributed by atoms with Gasteiger partial charge in [0.2, 0.25) is 5.91 Å². The van der Waals surface area contributed by atoms with E-state index in [9.17, 15) is 9.59 Å². The van der Waals surface area contributed by atoms with Gasteiger partial charge in [0.1, 0.15) is 11.8 Å². The number of rotatable bonds is 11. The number of benzene rings is 3. The normalized spacial score (nSPS) is 14.6. The molecule has 39 heavy (non-hydrogen) atoms. The Bertz CT molecular complexity index is 1190. The van der Waals surface area contributed by atoms with Crippen molar-refractivity contribution in [3.8, 4) is 5.75 Å². The van der Waals surface area contributed by atoms with Crippen molar-refractivity contribution in [3.05, 3.63) is 100 Å². The Morgan fingerprint density at radius 2 is 1.56 bits per heavy atom. The van der Waals surface area contributed by atoms with Crippen molar-refractivity contribution in [2.75, 3.05) is 6.61 Å². The lowest BCUT2D eigenvalue weighted by atomic mass is 9.94. The summed E-state index contributed by atoms with van der Waals surface area (Å²) in [4.78, 5) is 29.3. The van der Waals surface area contributed by atoms with Crippen LogP contribution in [-0.4, -0.2) is 35.4 Å². The smallest absolute Gasteiger partial charge is 0.261 e. The minimum atomic E-state index is -0.655. The lowest BCUT2D eigenvalue weighted by Gasteiger charge is -2.33. The first-order chi connectivity index (χ1) is 18.9. The SMILES string of the molecule is CC(C)c1ccc(OCC(=O)N(Cc2ccc(Br)cc2)C(Cc2ccccc2)C(=O)NC2CCCCC2)cc1. The van der Waals surface area contributed by atoms with E-state index < -0.39 is 6.04 Å². The zero-order chi connectivity index (χ0) is 27.6. The Morgan fingerprint density at radius 3 is 2.21 bits per heavy atom. The van der Waals surface area contributed by atoms with Crippen LogP contribution in [0.5, 0.6) is 5.75 Å². The maximum absolute atomic E-state index is 13.8. The van der Waals surface area contributed by atoms with Gasteiger partial charge in [-0.15, -0.1) is 0 Å². The highest BCUT2D eigenvalue weighted by Gasteiger charge is 2.32. The Balaban J connectivity index is 1.58. The first-order valence-corrected chi connectivity index (χ1v) is 14.8. The molecule has 3 aromatic carbocycles. The van der Waals surface area contributed by atoms with Crippen LogP contribution in [0.1, 0.15) is 68.6 Å². The summed E-state index contributed by atoms with van der Waals surface area (Å²) in [5, 5.41) is 3.28. The van der Waals surface area contributed by atoms with Gasteiger partial charge in [0.05, 0.1) is 0 Å². The fraction of sp³-hybridized carbons (Fsp3) is 0.394. The summed E-state index contributed by atoms with van der Waals surface area (Å²) in [6.07, 6.45) is 5.87. The zero-order valence-corrected chi connectivity index (χ0v) is 24.5. The number of hydrogen-bond acceptors (Lipinski definition) is 3. The third-order valence-corrected chi connectivity index (χ3v) is 7.93. The van der Waals surface area contributed by atoms with Crippen molar-refractivity contribution in [3.63, 3.8) is 0 Å². The maximum atomic E-state index is 13.8. The minimum Gasteiger partial charge on any atom is -0.484 e. The number of hydrogen-bond donors (Lipinski definition) is 1. The summed E-state index contributed by atoms with van der Waals surface area (Å²) in [5.74, 6) is 0.745. The van der Waals surface area contributed by atoms with Gasteiger partial charge in [-0.2, -0.15) is 0 Å². The van der Waals surface area contributed by atoms with E-state index >= 15 is 0 Å². The zero-order valence-electron chi connectivity index (χ0n) is 22.9. The molecular formula is C33H39BrN2O3. The quantitative estimate of drug-likeness (QED) is 0.260. The van der Waals surface area contributed by atoms with E-state index in [0.717, 1.165) is 41.3 Å². The van der Waals surface area contributed by atoms with Gasteiger partial charge in [0.15, 0.2) is 6.61 Å². The van der Waals surface area contributed by atoms with Crippen LogP contribution >= 0.6 is 15.9 Å². The summed E-state index contributed by atoms with van der Waals surface area (Å²) < 4.78 is 6.91. The van der Waals surface area contributed by atoms with Gasteiger partial charge in [0.25, 0.3) is 5.91 Å². The molecule has 1 atom stereocenters. The molecule has 206 valence electrons. The molecule has 1 aliphatic carbocycles. The van der Waals surface area contributed by atoms with E-state index in [2.05, 4.69) is 35.1 Å². The van der Waals surface area contributed by atoms with Gasteiger partial charge >= 0.3 is 0 Å². The van der Waals surface area contributed by atoms with E-state index in [0.29, 0.717) is 24.6 Å². The van der Waals surface area contributed by atoms with Gasteiger partial charge in [-0.25, -0.2) is 0 Å². The Morgan fingerprint density at radius 1 is 0.897 bits per heavy atom. The average Bonchev–Trinajstić information content (AvgIpc) is 2.96. The van der Waals surface area contributed by atoms with E-state index in [1.54, 1.807) is 4.90 Å². The second-order valence-electron chi connectivity index (χ2n) is 10.7. The van der Waals surface area contributed by atoms with Crippen LogP contribution in [0.15, 0.2) is 83.3 Å². The molecule has 0 saturated heterocycles. The van der Waals surface area contributed by atoms with Crippen molar-refractivity contribution in [1.82, 2.24) is 10.2 Å². The predicted molar refractivity (Wildman–Crippen MR) is 160 cm³/mol. The molecule has 1 fully saturated rings. The van der Waals surface area contributed by atoms with Gasteiger partial charge < -0.3 is 15.0 Å². The molecule has 0 aromatic heterocycles. The molecule has 1 saturated carbocycles. The van der Waals surface area contributed by atoms with Gasteiger partial charge in [-0.05, 0) is 59.7 Å². The number of nitrogens with one attached hydrogen (secondary N) is 1. The number of nitrogens with zero attached hydrogens (tertiary/aromatic N) is 1. The monoisotopic (exact) mass is 590 g/mol. The van der Waals surface area contributed by atoms with E-state index in [4.69, 9.17) is 4.74 Å². The standard InChI is InChI=1S/C33H39BrN2O3/c1-24(2)27-15-19-30(20-16-27)39-23-32(37)36(22-26-13-17-28(34)18-14-26)31(21-25-9-5-3-6-10-25)33(38)35-29-11-7-4-8-12-29/h3,5-6,9-10,13-20,24,29,31H,4,7-8,11-12,21-23H2,1-2H3,(H,35,38). The number of carbonyl (C=O) groups excluding carboxylic acids is 2. The van der Waals surface area contributed by atoms with Crippen LogP contribution in [0.4, 0.5) is 0 Å². The van der Waals surface area contributed by atoms with Crippen molar-refractivity contribution in [1.29, 1.82) is 0 Å². The number of ether oxygens (including phenoxy) is 1. The highest BCUT2D eigenvalue weighted by molar-refractivity contribution is 9.10. The largest absolute Gasteiger partial charge is 0.484 e. The van der Waals surface area contributed by atoms with Gasteiger partial charge in [-0.1, -0.05) is 104 Å². The lowest BCUT2D eigenvalue weighted by Crippen LogP contribution is -2.53. The van der Waals surface area contributed by atoms with E-state index in [-0.39, 0.29) is 24.5 Å². The second-order valence-corrected chi connectivity index (χ2v) is 11.6. The van der Waals surface area contributed by atoms with Crippen LogP contribution < -0.4 is 10.1 Å². The molecule has 3 aromatic rings. The molecule has 1 N–H and O–H groups in total. The third-order valence-electron chi connectivity index (χ3n) is 7.40. The highest BCUT2D eigenvalue weighted by atomic mass is 79.9. The average molecular weight is 592 g/mol. The molecule has 1 aliphatic rings. The molecule has 4 rings (SSSR count). The number of carbonyl (C=O) groups is 2. The predicted octanol–water partition coefficient (Wildman–Crippen LogP) is 7.04. The summed E-state index contributed by atoms with van der Waals surface area (Å²) in [7, 11) is 0. The third kappa shape index (κ3) is 8.69. The first kappa shape index (κ1) is 28.9. The fourth-order valence-electron chi connectivity index (χ4n) is 5.06. The lowest BCUT2D eigenvalue weighted by molar-refractivity contribution is -0.143. The van der Waals surface area contributed by atoms with Crippen LogP contribution in [0, 0.1) is 0 Å². The first-order valence-electron chi connectivity index (χ1n) is 14.0. The molecule has 0 spiro atoms. The topological polar surface area (TPSA) is 58.6 Å². The van der Waals surface area contributed by atoms with E-state index in [1.165, 1.54) is 12.0 Å². The highest BCUT2D eigenvalue weighted by Crippen LogP contribution is 2.22. The maximum Gasteiger partial charge on any atom is 0.261 e. The molecule has 0 radical (unpaired) electrons.